The number of hydrogen-bond donors (Lipinski definition) is 1. The van der Waals surface area contributed by atoms with Crippen LogP contribution in [0.4, 0.5) is 18.9 Å². The number of anilines is 1. The first kappa shape index (κ1) is 15.8. The van der Waals surface area contributed by atoms with Crippen molar-refractivity contribution in [3.05, 3.63) is 57.8 Å². The summed E-state index contributed by atoms with van der Waals surface area (Å²) in [6, 6.07) is 4.86. The second kappa shape index (κ2) is 5.69. The van der Waals surface area contributed by atoms with Gasteiger partial charge in [-0.1, -0.05) is 0 Å². The van der Waals surface area contributed by atoms with Crippen LogP contribution in [0.3, 0.4) is 0 Å². The molecule has 0 aliphatic heterocycles. The van der Waals surface area contributed by atoms with Crippen LogP contribution in [-0.2, 0) is 10.0 Å². The fraction of sp³-hybridized carbons (Fsp3) is 0.0769. The summed E-state index contributed by atoms with van der Waals surface area (Å²) in [6.45, 7) is 1.46. The van der Waals surface area contributed by atoms with Crippen LogP contribution < -0.4 is 4.72 Å². The summed E-state index contributed by atoms with van der Waals surface area (Å²) in [5.41, 5.74) is 0.304. The van der Waals surface area contributed by atoms with E-state index in [-0.39, 0.29) is 15.7 Å². The quantitative estimate of drug-likeness (QED) is 0.876. The van der Waals surface area contributed by atoms with Gasteiger partial charge in [0.15, 0.2) is 0 Å². The first-order valence-electron chi connectivity index (χ1n) is 5.64. The van der Waals surface area contributed by atoms with Gasteiger partial charge >= 0.3 is 0 Å². The lowest BCUT2D eigenvalue weighted by Crippen LogP contribution is -2.15. The number of halogens is 4. The van der Waals surface area contributed by atoms with Gasteiger partial charge in [0.05, 0.1) is 0 Å². The molecule has 0 aliphatic rings. The lowest BCUT2D eigenvalue weighted by atomic mass is 10.2. The van der Waals surface area contributed by atoms with Crippen molar-refractivity contribution in [1.29, 1.82) is 0 Å². The van der Waals surface area contributed by atoms with Crippen LogP contribution in [0.25, 0.3) is 0 Å². The molecule has 0 aromatic heterocycles. The summed E-state index contributed by atoms with van der Waals surface area (Å²) in [5.74, 6) is -2.63. The molecule has 0 aliphatic carbocycles. The van der Waals surface area contributed by atoms with Crippen LogP contribution in [-0.4, -0.2) is 8.42 Å². The van der Waals surface area contributed by atoms with Crippen molar-refractivity contribution in [3.63, 3.8) is 0 Å². The number of benzene rings is 2. The zero-order valence-corrected chi connectivity index (χ0v) is 13.0. The van der Waals surface area contributed by atoms with Gasteiger partial charge in [0.2, 0.25) is 0 Å². The molecule has 0 fully saturated rings. The van der Waals surface area contributed by atoms with Gasteiger partial charge in [-0.15, -0.1) is 0 Å². The summed E-state index contributed by atoms with van der Waals surface area (Å²) in [4.78, 5) is -0.717. The Bertz CT molecular complexity index is 786. The third-order valence-corrected chi connectivity index (χ3v) is 4.99. The van der Waals surface area contributed by atoms with Gasteiger partial charge in [0, 0.05) is 16.2 Å². The van der Waals surface area contributed by atoms with Crippen LogP contribution in [0.2, 0.25) is 0 Å². The molecule has 8 heteroatoms. The Morgan fingerprint density at radius 3 is 2.29 bits per heavy atom. The third kappa shape index (κ3) is 3.38. The highest BCUT2D eigenvalue weighted by Crippen LogP contribution is 2.28. The van der Waals surface area contributed by atoms with E-state index in [2.05, 4.69) is 20.7 Å². The Morgan fingerprint density at radius 2 is 1.71 bits per heavy atom. The number of hydrogen-bond acceptors (Lipinski definition) is 2. The second-order valence-corrected chi connectivity index (χ2v) is 6.74. The highest BCUT2D eigenvalue weighted by molar-refractivity contribution is 9.10. The van der Waals surface area contributed by atoms with Crippen molar-refractivity contribution < 1.29 is 21.6 Å². The molecule has 112 valence electrons. The molecule has 2 rings (SSSR count). The normalized spacial score (nSPS) is 11.5. The third-order valence-electron chi connectivity index (χ3n) is 2.64. The van der Waals surface area contributed by atoms with Crippen molar-refractivity contribution in [3.8, 4) is 0 Å². The maximum Gasteiger partial charge on any atom is 0.265 e. The number of aryl methyl sites for hydroxylation is 1. The average Bonchev–Trinajstić information content (AvgIpc) is 2.31. The largest absolute Gasteiger partial charge is 0.279 e. The molecule has 21 heavy (non-hydrogen) atoms. The SMILES string of the molecule is Cc1cc(NS(=O)(=O)c2c(F)cc(F)cc2Br)ccc1F. The number of sulfonamides is 1. The van der Waals surface area contributed by atoms with Gasteiger partial charge in [-0.2, -0.15) is 0 Å². The van der Waals surface area contributed by atoms with Crippen LogP contribution in [0, 0.1) is 24.4 Å². The van der Waals surface area contributed by atoms with E-state index in [1.807, 2.05) is 0 Å². The second-order valence-electron chi connectivity index (χ2n) is 4.27. The Morgan fingerprint density at radius 1 is 1.05 bits per heavy atom. The lowest BCUT2D eigenvalue weighted by molar-refractivity contribution is 0.548. The Hall–Kier alpha value is -1.54. The predicted molar refractivity (Wildman–Crippen MR) is 76.0 cm³/mol. The van der Waals surface area contributed by atoms with E-state index < -0.39 is 32.4 Å². The molecule has 0 saturated carbocycles. The van der Waals surface area contributed by atoms with Crippen molar-refractivity contribution in [1.82, 2.24) is 0 Å². The zero-order valence-electron chi connectivity index (χ0n) is 10.6. The number of rotatable bonds is 3. The van der Waals surface area contributed by atoms with Crippen LogP contribution in [0.5, 0.6) is 0 Å². The van der Waals surface area contributed by atoms with Crippen LogP contribution >= 0.6 is 15.9 Å². The molecule has 0 amide bonds. The fourth-order valence-electron chi connectivity index (χ4n) is 1.70. The summed E-state index contributed by atoms with van der Waals surface area (Å²) in [7, 11) is -4.28. The first-order valence-corrected chi connectivity index (χ1v) is 7.92. The van der Waals surface area contributed by atoms with Crippen molar-refractivity contribution >= 4 is 31.6 Å². The van der Waals surface area contributed by atoms with Gasteiger partial charge in [0.1, 0.15) is 22.3 Å². The van der Waals surface area contributed by atoms with E-state index >= 15 is 0 Å². The first-order chi connectivity index (χ1) is 9.70. The maximum atomic E-state index is 13.7. The standard InChI is InChI=1S/C13H9BrF3NO2S/c1-7-4-9(2-3-11(7)16)18-21(19,20)13-10(14)5-8(15)6-12(13)17/h2-6,18H,1H3. The van der Waals surface area contributed by atoms with Crippen molar-refractivity contribution in [2.45, 2.75) is 11.8 Å². The average molecular weight is 380 g/mol. The van der Waals surface area contributed by atoms with Crippen molar-refractivity contribution in [2.75, 3.05) is 4.72 Å². The Balaban J connectivity index is 2.46. The fourth-order valence-corrected chi connectivity index (χ4v) is 3.92. The van der Waals surface area contributed by atoms with Gasteiger partial charge in [-0.3, -0.25) is 4.72 Å². The zero-order chi connectivity index (χ0) is 15.8. The summed E-state index contributed by atoms with van der Waals surface area (Å²) in [6.07, 6.45) is 0. The molecular weight excluding hydrogens is 371 g/mol. The summed E-state index contributed by atoms with van der Waals surface area (Å²) in [5, 5.41) is 0. The van der Waals surface area contributed by atoms with Crippen LogP contribution in [0.1, 0.15) is 5.56 Å². The van der Waals surface area contributed by atoms with E-state index in [1.54, 1.807) is 0 Å². The molecular formula is C13H9BrF3NO2S. The molecule has 0 bridgehead atoms. The van der Waals surface area contributed by atoms with E-state index in [0.717, 1.165) is 12.1 Å². The van der Waals surface area contributed by atoms with Gasteiger partial charge in [-0.25, -0.2) is 21.6 Å². The van der Waals surface area contributed by atoms with Gasteiger partial charge in [-0.05, 0) is 52.7 Å². The predicted octanol–water partition coefficient (Wildman–Crippen LogP) is 3.98. The Kier molecular flexibility index (Phi) is 4.29. The van der Waals surface area contributed by atoms with Crippen LogP contribution in [0.15, 0.2) is 39.7 Å². The lowest BCUT2D eigenvalue weighted by Gasteiger charge is -2.11. The van der Waals surface area contributed by atoms with Crippen molar-refractivity contribution in [2.24, 2.45) is 0 Å². The smallest absolute Gasteiger partial charge is 0.265 e. The molecule has 0 heterocycles. The topological polar surface area (TPSA) is 46.2 Å². The molecule has 0 radical (unpaired) electrons. The highest BCUT2D eigenvalue weighted by Gasteiger charge is 2.24. The van der Waals surface area contributed by atoms with E-state index in [9.17, 15) is 21.6 Å². The minimum absolute atomic E-state index is 0.0736. The van der Waals surface area contributed by atoms with E-state index in [1.165, 1.54) is 19.1 Å². The molecule has 2 aromatic carbocycles. The van der Waals surface area contributed by atoms with Gasteiger partial charge in [0.25, 0.3) is 10.0 Å². The Labute approximate surface area is 128 Å². The van der Waals surface area contributed by atoms with E-state index in [4.69, 9.17) is 0 Å². The minimum Gasteiger partial charge on any atom is -0.279 e. The van der Waals surface area contributed by atoms with Gasteiger partial charge < -0.3 is 0 Å². The molecule has 2 aromatic rings. The minimum atomic E-state index is -4.28. The molecule has 0 atom stereocenters. The summed E-state index contributed by atoms with van der Waals surface area (Å²) < 4.78 is 66.0. The molecule has 1 N–H and O–H groups in total. The monoisotopic (exact) mass is 379 g/mol. The summed E-state index contributed by atoms with van der Waals surface area (Å²) >= 11 is 2.81. The highest BCUT2D eigenvalue weighted by atomic mass is 79.9. The van der Waals surface area contributed by atoms with E-state index in [0.29, 0.717) is 6.07 Å². The molecule has 0 spiro atoms. The molecule has 0 unspecified atom stereocenters. The maximum absolute atomic E-state index is 13.7. The molecule has 3 nitrogen and oxygen atoms in total. The number of nitrogens with one attached hydrogen (secondary N) is 1. The molecule has 0 saturated heterocycles.